The number of amides is 2. The van der Waals surface area contributed by atoms with Crippen molar-refractivity contribution in [3.8, 4) is 0 Å². The van der Waals surface area contributed by atoms with Gasteiger partial charge in [-0.3, -0.25) is 4.79 Å². The van der Waals surface area contributed by atoms with Crippen LogP contribution in [0.15, 0.2) is 12.7 Å². The van der Waals surface area contributed by atoms with Crippen molar-refractivity contribution in [3.05, 3.63) is 12.7 Å². The minimum Gasteiger partial charge on any atom is -0.445 e. The van der Waals surface area contributed by atoms with Crippen LogP contribution in [0.25, 0.3) is 0 Å². The minimum absolute atomic E-state index is 0.107. The van der Waals surface area contributed by atoms with Crippen LogP contribution in [0.1, 0.15) is 13.3 Å². The second kappa shape index (κ2) is 9.94. The van der Waals surface area contributed by atoms with Crippen LogP contribution in [0.4, 0.5) is 9.59 Å². The Morgan fingerprint density at radius 1 is 1.40 bits per heavy atom. The highest BCUT2D eigenvalue weighted by molar-refractivity contribution is 6.67. The minimum atomic E-state index is -1.75. The lowest BCUT2D eigenvalue weighted by atomic mass is 9.84. The summed E-state index contributed by atoms with van der Waals surface area (Å²) in [5.41, 5.74) is 0. The molecule has 2 unspecified atom stereocenters. The molecule has 1 saturated heterocycles. The zero-order valence-corrected chi connectivity index (χ0v) is 15.7. The Morgan fingerprint density at radius 2 is 2.08 bits per heavy atom. The lowest BCUT2D eigenvalue weighted by Crippen LogP contribution is -2.63. The number of carbonyl (C=O) groups excluding carboxylic acids is 3. The summed E-state index contributed by atoms with van der Waals surface area (Å²) in [6.45, 7) is 4.89. The molecule has 0 radical (unpaired) electrons. The van der Waals surface area contributed by atoms with Crippen molar-refractivity contribution in [2.75, 3.05) is 19.8 Å². The number of β-lactam (4-membered cyclic amide) rings is 1. The number of hydrogen-bond acceptors (Lipinski definition) is 6. The molecule has 11 heteroatoms. The van der Waals surface area contributed by atoms with Gasteiger partial charge in [-0.05, 0) is 13.3 Å². The number of hydrogen-bond donors (Lipinski definition) is 2. The largest absolute Gasteiger partial charge is 0.508 e. The normalized spacial score (nSPS) is 20.6. The van der Waals surface area contributed by atoms with E-state index in [1.807, 2.05) is 0 Å². The van der Waals surface area contributed by atoms with E-state index in [0.717, 1.165) is 0 Å². The molecule has 0 bridgehead atoms. The van der Waals surface area contributed by atoms with Gasteiger partial charge < -0.3 is 24.8 Å². The van der Waals surface area contributed by atoms with Gasteiger partial charge in [0.05, 0.1) is 5.92 Å². The number of alkyl halides is 3. The molecule has 1 aliphatic rings. The smallest absolute Gasteiger partial charge is 0.445 e. The molecule has 25 heavy (non-hydrogen) atoms. The summed E-state index contributed by atoms with van der Waals surface area (Å²) in [7, 11) is 0. The molecule has 0 aliphatic carbocycles. The molecule has 1 fully saturated rings. The quantitative estimate of drug-likeness (QED) is 0.272. The van der Waals surface area contributed by atoms with E-state index >= 15 is 0 Å². The van der Waals surface area contributed by atoms with Gasteiger partial charge in [-0.1, -0.05) is 47.5 Å². The second-order valence-corrected chi connectivity index (χ2v) is 7.74. The third kappa shape index (κ3) is 8.02. The first kappa shape index (κ1) is 21.7. The highest BCUT2D eigenvalue weighted by atomic mass is 35.6. The number of nitrogens with one attached hydrogen (secondary N) is 2. The Hall–Kier alpha value is -1.38. The van der Waals surface area contributed by atoms with Crippen LogP contribution in [0.3, 0.4) is 0 Å². The van der Waals surface area contributed by atoms with Gasteiger partial charge in [0.25, 0.3) is 0 Å². The molecule has 142 valence electrons. The predicted molar refractivity (Wildman–Crippen MR) is 91.8 cm³/mol. The molecule has 1 rings (SSSR count). The van der Waals surface area contributed by atoms with Crippen molar-refractivity contribution < 1.29 is 28.6 Å². The van der Waals surface area contributed by atoms with Gasteiger partial charge in [-0.15, -0.1) is 0 Å². The molecular formula is C14H19Cl3N2O6. The molecule has 0 aromatic rings. The lowest BCUT2D eigenvalue weighted by molar-refractivity contribution is -0.141. The Bertz CT molecular complexity index is 511. The van der Waals surface area contributed by atoms with Gasteiger partial charge in [-0.2, -0.15) is 0 Å². The molecule has 0 aromatic carbocycles. The molecule has 1 aliphatic heterocycles. The van der Waals surface area contributed by atoms with Crippen molar-refractivity contribution in [1.29, 1.82) is 0 Å². The Kier molecular flexibility index (Phi) is 8.61. The highest BCUT2D eigenvalue weighted by Gasteiger charge is 2.44. The van der Waals surface area contributed by atoms with Crippen LogP contribution in [0.5, 0.6) is 0 Å². The first-order chi connectivity index (χ1) is 11.6. The molecular weight excluding hydrogens is 399 g/mol. The fourth-order valence-electron chi connectivity index (χ4n) is 2.16. The van der Waals surface area contributed by atoms with Crippen LogP contribution in [0.2, 0.25) is 0 Å². The second-order valence-electron chi connectivity index (χ2n) is 5.22. The van der Waals surface area contributed by atoms with Gasteiger partial charge >= 0.3 is 12.2 Å². The Morgan fingerprint density at radius 3 is 2.64 bits per heavy atom. The Balaban J connectivity index is 2.35. The average Bonchev–Trinajstić information content (AvgIpc) is 2.49. The van der Waals surface area contributed by atoms with Crippen molar-refractivity contribution in [2.45, 2.75) is 29.3 Å². The summed E-state index contributed by atoms with van der Waals surface area (Å²) in [6.07, 6.45) is -0.474. The third-order valence-corrected chi connectivity index (χ3v) is 3.59. The van der Waals surface area contributed by atoms with E-state index in [4.69, 9.17) is 44.3 Å². The van der Waals surface area contributed by atoms with Gasteiger partial charge in [-0.25, -0.2) is 9.59 Å². The van der Waals surface area contributed by atoms with Crippen molar-refractivity contribution >= 4 is 53.0 Å². The molecule has 3 atom stereocenters. The Labute approximate surface area is 160 Å². The lowest BCUT2D eigenvalue weighted by Gasteiger charge is -2.39. The number of halogens is 3. The van der Waals surface area contributed by atoms with Gasteiger partial charge in [0.15, 0.2) is 0 Å². The summed E-state index contributed by atoms with van der Waals surface area (Å²) >= 11 is 16.4. The van der Waals surface area contributed by atoms with Crippen LogP contribution >= 0.6 is 34.8 Å². The number of rotatable bonds is 8. The molecule has 2 amide bonds. The van der Waals surface area contributed by atoms with E-state index < -0.39 is 34.7 Å². The van der Waals surface area contributed by atoms with E-state index in [0.29, 0.717) is 6.42 Å². The average molecular weight is 418 g/mol. The van der Waals surface area contributed by atoms with E-state index in [1.165, 1.54) is 6.08 Å². The highest BCUT2D eigenvalue weighted by Crippen LogP contribution is 2.27. The van der Waals surface area contributed by atoms with Crippen molar-refractivity contribution in [1.82, 2.24) is 10.6 Å². The standard InChI is InChI=1S/C14H19Cl3N2O6/c1-3-6-23-12(21)18-5-4-9-10(11(20)19-9)8(2)25-13(22)24-7-14(15,16)17/h3,8-10H,1,4-7H2,2H3,(H,18,21)(H,19,20)/t8?,9?,10-/m1/s1. The summed E-state index contributed by atoms with van der Waals surface area (Å²) in [4.78, 5) is 34.5. The van der Waals surface area contributed by atoms with Crippen LogP contribution in [-0.4, -0.2) is 53.9 Å². The molecule has 0 spiro atoms. The van der Waals surface area contributed by atoms with Crippen molar-refractivity contribution in [3.63, 3.8) is 0 Å². The van der Waals surface area contributed by atoms with E-state index in [-0.39, 0.29) is 25.1 Å². The van der Waals surface area contributed by atoms with Crippen LogP contribution < -0.4 is 10.6 Å². The van der Waals surface area contributed by atoms with E-state index in [1.54, 1.807) is 6.92 Å². The number of carbonyl (C=O) groups is 3. The molecule has 0 saturated carbocycles. The monoisotopic (exact) mass is 416 g/mol. The zero-order chi connectivity index (χ0) is 19.0. The third-order valence-electron chi connectivity index (χ3n) is 3.26. The summed E-state index contributed by atoms with van der Waals surface area (Å²) in [6, 6.07) is -0.261. The molecule has 1 heterocycles. The first-order valence-electron chi connectivity index (χ1n) is 7.36. The SMILES string of the molecule is C=CCOC(=O)NCCC1NC(=O)[C@@H]1C(C)OC(=O)OCC(Cl)(Cl)Cl. The zero-order valence-electron chi connectivity index (χ0n) is 13.4. The maximum Gasteiger partial charge on any atom is 0.508 e. The van der Waals surface area contributed by atoms with Crippen LogP contribution in [0, 0.1) is 5.92 Å². The van der Waals surface area contributed by atoms with Crippen LogP contribution in [-0.2, 0) is 19.0 Å². The number of alkyl carbamates (subject to hydrolysis) is 1. The first-order valence-corrected chi connectivity index (χ1v) is 8.49. The van der Waals surface area contributed by atoms with Gasteiger partial charge in [0.1, 0.15) is 19.3 Å². The summed E-state index contributed by atoms with van der Waals surface area (Å²) in [5.74, 6) is -0.827. The van der Waals surface area contributed by atoms with Gasteiger partial charge in [0.2, 0.25) is 9.70 Å². The van der Waals surface area contributed by atoms with Crippen molar-refractivity contribution in [2.24, 2.45) is 5.92 Å². The summed E-state index contributed by atoms with van der Waals surface area (Å²) in [5, 5.41) is 5.21. The predicted octanol–water partition coefficient (Wildman–Crippen LogP) is 2.32. The fraction of sp³-hybridized carbons (Fsp3) is 0.643. The molecule has 8 nitrogen and oxygen atoms in total. The molecule has 2 N–H and O–H groups in total. The van der Waals surface area contributed by atoms with E-state index in [9.17, 15) is 14.4 Å². The molecule has 0 aromatic heterocycles. The number of ether oxygens (including phenoxy) is 3. The van der Waals surface area contributed by atoms with Gasteiger partial charge in [0, 0.05) is 12.6 Å². The maximum atomic E-state index is 11.7. The summed E-state index contributed by atoms with van der Waals surface area (Å²) < 4.78 is 12.7. The maximum absolute atomic E-state index is 11.7. The fourth-order valence-corrected chi connectivity index (χ4v) is 2.33. The van der Waals surface area contributed by atoms with E-state index in [2.05, 4.69) is 21.9 Å². The topological polar surface area (TPSA) is 103 Å².